The van der Waals surface area contributed by atoms with E-state index in [-0.39, 0.29) is 17.7 Å². The molecule has 1 aromatic carbocycles. The number of ether oxygens (including phenoxy) is 1. The molecule has 0 saturated heterocycles. The Labute approximate surface area is 199 Å². The van der Waals surface area contributed by atoms with Crippen LogP contribution in [0, 0.1) is 5.92 Å². The average molecular weight is 462 g/mol. The zero-order valence-electron chi connectivity index (χ0n) is 21.4. The Morgan fingerprint density at radius 1 is 1.00 bits per heavy atom. The molecule has 0 fully saturated rings. The minimum atomic E-state index is -0.814. The standard InChI is InChI=1S/C26H43N3O4/c1-8-10-14-17-27-23(30)22(20-15-12-11-13-16-20)29(18-9-2)24(31)21(19(3)4)28-25(32)33-26(5,6)7/h11-13,15-16,19,21-22H,8-10,14,17-18H2,1-7H3,(H,27,30)(H,28,32). The van der Waals surface area contributed by atoms with Gasteiger partial charge in [-0.05, 0) is 45.1 Å². The Morgan fingerprint density at radius 2 is 1.64 bits per heavy atom. The lowest BCUT2D eigenvalue weighted by Gasteiger charge is -2.35. The Kier molecular flexibility index (Phi) is 12.0. The molecule has 186 valence electrons. The van der Waals surface area contributed by atoms with Crippen LogP contribution < -0.4 is 10.6 Å². The topological polar surface area (TPSA) is 87.7 Å². The van der Waals surface area contributed by atoms with Crippen molar-refractivity contribution in [1.29, 1.82) is 0 Å². The summed E-state index contributed by atoms with van der Waals surface area (Å²) in [7, 11) is 0. The van der Waals surface area contributed by atoms with Gasteiger partial charge in [0.1, 0.15) is 17.7 Å². The molecule has 0 bridgehead atoms. The Bertz CT molecular complexity index is 744. The average Bonchev–Trinajstić information content (AvgIpc) is 2.73. The van der Waals surface area contributed by atoms with Gasteiger partial charge in [0.05, 0.1) is 0 Å². The zero-order valence-corrected chi connectivity index (χ0v) is 21.4. The van der Waals surface area contributed by atoms with Crippen molar-refractivity contribution in [2.75, 3.05) is 13.1 Å². The lowest BCUT2D eigenvalue weighted by atomic mass is 9.98. The number of nitrogens with zero attached hydrogens (tertiary/aromatic N) is 1. The van der Waals surface area contributed by atoms with Gasteiger partial charge in [-0.1, -0.05) is 70.9 Å². The first-order chi connectivity index (χ1) is 15.5. The highest BCUT2D eigenvalue weighted by Gasteiger charge is 2.36. The molecule has 0 aliphatic carbocycles. The SMILES string of the molecule is CCCCCNC(=O)C(c1ccccc1)N(CCC)C(=O)C(NC(=O)OC(C)(C)C)C(C)C. The highest BCUT2D eigenvalue weighted by molar-refractivity contribution is 5.92. The van der Waals surface area contributed by atoms with Crippen LogP contribution in [0.4, 0.5) is 4.79 Å². The maximum Gasteiger partial charge on any atom is 0.408 e. The largest absolute Gasteiger partial charge is 0.444 e. The van der Waals surface area contributed by atoms with Gasteiger partial charge in [0.2, 0.25) is 11.8 Å². The van der Waals surface area contributed by atoms with E-state index in [1.54, 1.807) is 25.7 Å². The third-order valence-electron chi connectivity index (χ3n) is 5.11. The molecule has 7 heteroatoms. The highest BCUT2D eigenvalue weighted by Crippen LogP contribution is 2.24. The van der Waals surface area contributed by atoms with Gasteiger partial charge >= 0.3 is 6.09 Å². The van der Waals surface area contributed by atoms with Crippen LogP contribution in [0.3, 0.4) is 0 Å². The Balaban J connectivity index is 3.24. The summed E-state index contributed by atoms with van der Waals surface area (Å²) in [6.07, 6.45) is 3.01. The van der Waals surface area contributed by atoms with E-state index in [0.717, 1.165) is 24.8 Å². The van der Waals surface area contributed by atoms with Crippen molar-refractivity contribution in [3.05, 3.63) is 35.9 Å². The minimum Gasteiger partial charge on any atom is -0.444 e. The number of rotatable bonds is 12. The summed E-state index contributed by atoms with van der Waals surface area (Å²) >= 11 is 0. The summed E-state index contributed by atoms with van der Waals surface area (Å²) in [5.41, 5.74) is 0.0648. The lowest BCUT2D eigenvalue weighted by molar-refractivity contribution is -0.143. The fourth-order valence-electron chi connectivity index (χ4n) is 3.53. The second-order valence-electron chi connectivity index (χ2n) is 9.71. The van der Waals surface area contributed by atoms with Gasteiger partial charge in [-0.25, -0.2) is 4.79 Å². The smallest absolute Gasteiger partial charge is 0.408 e. The van der Waals surface area contributed by atoms with Crippen molar-refractivity contribution in [3.63, 3.8) is 0 Å². The van der Waals surface area contributed by atoms with Crippen molar-refractivity contribution in [2.24, 2.45) is 5.92 Å². The fraction of sp³-hybridized carbons (Fsp3) is 0.654. The molecule has 0 aliphatic heterocycles. The summed E-state index contributed by atoms with van der Waals surface area (Å²) in [5, 5.41) is 5.74. The first-order valence-electron chi connectivity index (χ1n) is 12.1. The summed E-state index contributed by atoms with van der Waals surface area (Å²) in [6, 6.07) is 7.73. The molecule has 0 aromatic heterocycles. The van der Waals surface area contributed by atoms with Gasteiger partial charge in [0.25, 0.3) is 0 Å². The summed E-state index contributed by atoms with van der Waals surface area (Å²) in [5.74, 6) is -0.692. The first kappa shape index (κ1) is 28.5. The molecule has 33 heavy (non-hydrogen) atoms. The Hall–Kier alpha value is -2.57. The number of nitrogens with one attached hydrogen (secondary N) is 2. The summed E-state index contributed by atoms with van der Waals surface area (Å²) in [6.45, 7) is 14.1. The van der Waals surface area contributed by atoms with Crippen molar-refractivity contribution in [1.82, 2.24) is 15.5 Å². The van der Waals surface area contributed by atoms with Crippen LogP contribution in [0.1, 0.15) is 85.8 Å². The van der Waals surface area contributed by atoms with E-state index in [9.17, 15) is 14.4 Å². The molecular weight excluding hydrogens is 418 g/mol. The molecule has 0 aliphatic rings. The normalized spacial score (nSPS) is 13.2. The number of hydrogen-bond donors (Lipinski definition) is 2. The number of hydrogen-bond acceptors (Lipinski definition) is 4. The van der Waals surface area contributed by atoms with Gasteiger partial charge in [0, 0.05) is 13.1 Å². The summed E-state index contributed by atoms with van der Waals surface area (Å²) in [4.78, 5) is 41.1. The molecule has 3 amide bonds. The molecule has 2 unspecified atom stereocenters. The van der Waals surface area contributed by atoms with E-state index < -0.39 is 23.8 Å². The quantitative estimate of drug-likeness (QED) is 0.437. The number of benzene rings is 1. The predicted molar refractivity (Wildman–Crippen MR) is 132 cm³/mol. The van der Waals surface area contributed by atoms with Crippen LogP contribution >= 0.6 is 0 Å². The van der Waals surface area contributed by atoms with Crippen LogP contribution in [0.2, 0.25) is 0 Å². The molecule has 2 N–H and O–H groups in total. The molecule has 0 radical (unpaired) electrons. The number of unbranched alkanes of at least 4 members (excludes halogenated alkanes) is 2. The predicted octanol–water partition coefficient (Wildman–Crippen LogP) is 4.82. The van der Waals surface area contributed by atoms with E-state index >= 15 is 0 Å². The van der Waals surface area contributed by atoms with Gasteiger partial charge < -0.3 is 20.3 Å². The van der Waals surface area contributed by atoms with Gasteiger partial charge in [-0.2, -0.15) is 0 Å². The number of amides is 3. The third-order valence-corrected chi connectivity index (χ3v) is 5.11. The van der Waals surface area contributed by atoms with Crippen molar-refractivity contribution >= 4 is 17.9 Å². The van der Waals surface area contributed by atoms with Crippen LogP contribution in [-0.2, 0) is 14.3 Å². The molecule has 0 saturated carbocycles. The van der Waals surface area contributed by atoms with E-state index in [4.69, 9.17) is 4.74 Å². The van der Waals surface area contributed by atoms with Crippen molar-refractivity contribution < 1.29 is 19.1 Å². The van der Waals surface area contributed by atoms with Crippen molar-refractivity contribution in [3.8, 4) is 0 Å². The molecule has 2 atom stereocenters. The lowest BCUT2D eigenvalue weighted by Crippen LogP contribution is -2.55. The van der Waals surface area contributed by atoms with E-state index in [2.05, 4.69) is 17.6 Å². The number of carbonyl (C=O) groups is 3. The van der Waals surface area contributed by atoms with Crippen LogP contribution in [0.5, 0.6) is 0 Å². The van der Waals surface area contributed by atoms with Crippen LogP contribution in [-0.4, -0.2) is 47.5 Å². The van der Waals surface area contributed by atoms with E-state index in [1.165, 1.54) is 0 Å². The number of alkyl carbamates (subject to hydrolysis) is 1. The third kappa shape index (κ3) is 9.84. The van der Waals surface area contributed by atoms with Crippen LogP contribution in [0.15, 0.2) is 30.3 Å². The Morgan fingerprint density at radius 3 is 2.15 bits per heavy atom. The minimum absolute atomic E-state index is 0.187. The first-order valence-corrected chi connectivity index (χ1v) is 12.1. The van der Waals surface area contributed by atoms with Gasteiger partial charge in [-0.15, -0.1) is 0 Å². The maximum absolute atomic E-state index is 13.7. The van der Waals surface area contributed by atoms with E-state index in [1.807, 2.05) is 51.1 Å². The summed E-state index contributed by atoms with van der Waals surface area (Å²) < 4.78 is 5.38. The second-order valence-corrected chi connectivity index (χ2v) is 9.71. The van der Waals surface area contributed by atoms with Crippen LogP contribution in [0.25, 0.3) is 0 Å². The number of carbonyl (C=O) groups excluding carboxylic acids is 3. The van der Waals surface area contributed by atoms with Gasteiger partial charge in [0.15, 0.2) is 0 Å². The molecule has 1 aromatic rings. The van der Waals surface area contributed by atoms with E-state index in [0.29, 0.717) is 19.5 Å². The molecule has 0 heterocycles. The fourth-order valence-corrected chi connectivity index (χ4v) is 3.53. The highest BCUT2D eigenvalue weighted by atomic mass is 16.6. The van der Waals surface area contributed by atoms with Crippen molar-refractivity contribution in [2.45, 2.75) is 91.8 Å². The zero-order chi connectivity index (χ0) is 25.0. The monoisotopic (exact) mass is 461 g/mol. The molecule has 0 spiro atoms. The molecule has 1 rings (SSSR count). The molecule has 7 nitrogen and oxygen atoms in total. The van der Waals surface area contributed by atoms with Gasteiger partial charge in [-0.3, -0.25) is 9.59 Å². The maximum atomic E-state index is 13.7. The second kappa shape index (κ2) is 13.9. The molecular formula is C26H43N3O4.